The summed E-state index contributed by atoms with van der Waals surface area (Å²) in [5, 5.41) is 11.2. The lowest BCUT2D eigenvalue weighted by atomic mass is 10.3. The van der Waals surface area contributed by atoms with Crippen molar-refractivity contribution in [2.75, 3.05) is 13.2 Å². The number of carbonyl (C=O) groups excluding carboxylic acids is 1. The summed E-state index contributed by atoms with van der Waals surface area (Å²) in [7, 11) is 0. The summed E-state index contributed by atoms with van der Waals surface area (Å²) in [6.45, 7) is 0.252. The third-order valence-electron chi connectivity index (χ3n) is 3.01. The fourth-order valence-corrected chi connectivity index (χ4v) is 1.80. The van der Waals surface area contributed by atoms with E-state index in [1.807, 2.05) is 0 Å². The van der Waals surface area contributed by atoms with Crippen LogP contribution in [-0.2, 0) is 9.59 Å². The summed E-state index contributed by atoms with van der Waals surface area (Å²) < 4.78 is 30.7. The van der Waals surface area contributed by atoms with Crippen LogP contribution in [0.3, 0.4) is 0 Å². The van der Waals surface area contributed by atoms with Gasteiger partial charge in [0, 0.05) is 6.07 Å². The van der Waals surface area contributed by atoms with Gasteiger partial charge in [0.05, 0.1) is 18.4 Å². The van der Waals surface area contributed by atoms with Crippen molar-refractivity contribution in [3.05, 3.63) is 29.8 Å². The van der Waals surface area contributed by atoms with Crippen molar-refractivity contribution in [2.24, 2.45) is 11.8 Å². The summed E-state index contributed by atoms with van der Waals surface area (Å²) in [4.78, 5) is 22.1. The smallest absolute Gasteiger partial charge is 0.307 e. The molecule has 1 aliphatic rings. The second-order valence-electron chi connectivity index (χ2n) is 4.50. The van der Waals surface area contributed by atoms with Gasteiger partial charge in [-0.25, -0.2) is 8.78 Å². The topological polar surface area (TPSA) is 75.6 Å². The van der Waals surface area contributed by atoms with Gasteiger partial charge in [0.2, 0.25) is 5.91 Å². The number of carboxylic acid groups (broad SMARTS) is 1. The van der Waals surface area contributed by atoms with Gasteiger partial charge in [0.15, 0.2) is 11.6 Å². The van der Waals surface area contributed by atoms with Gasteiger partial charge in [-0.2, -0.15) is 0 Å². The van der Waals surface area contributed by atoms with E-state index >= 15 is 0 Å². The minimum atomic E-state index is -1.01. The Morgan fingerprint density at radius 2 is 2.05 bits per heavy atom. The Labute approximate surface area is 113 Å². The predicted octanol–water partition coefficient (Wildman–Crippen LogP) is 1.18. The van der Waals surface area contributed by atoms with Crippen molar-refractivity contribution in [2.45, 2.75) is 6.42 Å². The number of carboxylic acids is 1. The van der Waals surface area contributed by atoms with E-state index in [-0.39, 0.29) is 24.8 Å². The molecule has 0 aromatic heterocycles. The zero-order chi connectivity index (χ0) is 14.7. The van der Waals surface area contributed by atoms with Crippen LogP contribution in [0.5, 0.6) is 5.75 Å². The highest BCUT2D eigenvalue weighted by Gasteiger charge is 2.48. The van der Waals surface area contributed by atoms with Gasteiger partial charge in [-0.1, -0.05) is 0 Å². The van der Waals surface area contributed by atoms with E-state index in [0.29, 0.717) is 6.42 Å². The normalized spacial score (nSPS) is 20.3. The van der Waals surface area contributed by atoms with Crippen LogP contribution in [0.1, 0.15) is 6.42 Å². The maximum Gasteiger partial charge on any atom is 0.307 e. The molecule has 0 saturated heterocycles. The standard InChI is InChI=1S/C13H13F2NO4/c14-10-2-1-7(5-11(10)15)20-4-3-16-12(17)8-6-9(8)13(18)19/h1-2,5,8-9H,3-4,6H2,(H,16,17)(H,18,19)/t8-,9-/m1/s1. The molecule has 1 fully saturated rings. The zero-order valence-electron chi connectivity index (χ0n) is 10.4. The van der Waals surface area contributed by atoms with E-state index in [1.165, 1.54) is 6.07 Å². The molecule has 0 unspecified atom stereocenters. The number of benzene rings is 1. The molecular weight excluding hydrogens is 272 g/mol. The number of nitrogens with one attached hydrogen (secondary N) is 1. The average molecular weight is 285 g/mol. The van der Waals surface area contributed by atoms with Crippen LogP contribution in [0, 0.1) is 23.5 Å². The van der Waals surface area contributed by atoms with Crippen molar-refractivity contribution in [3.8, 4) is 5.75 Å². The number of aliphatic carboxylic acids is 1. The first-order chi connectivity index (χ1) is 9.49. The maximum absolute atomic E-state index is 12.9. The average Bonchev–Trinajstić information content (AvgIpc) is 3.19. The Kier molecular flexibility index (Phi) is 4.16. The molecule has 20 heavy (non-hydrogen) atoms. The van der Waals surface area contributed by atoms with Crippen molar-refractivity contribution in [1.29, 1.82) is 0 Å². The fourth-order valence-electron chi connectivity index (χ4n) is 1.80. The Balaban J connectivity index is 1.68. The molecule has 0 heterocycles. The van der Waals surface area contributed by atoms with Gasteiger partial charge < -0.3 is 15.2 Å². The van der Waals surface area contributed by atoms with Crippen LogP contribution in [0.4, 0.5) is 8.78 Å². The summed E-state index contributed by atoms with van der Waals surface area (Å²) in [6, 6.07) is 3.14. The Hall–Kier alpha value is -2.18. The van der Waals surface area contributed by atoms with E-state index in [2.05, 4.69) is 5.32 Å². The van der Waals surface area contributed by atoms with Gasteiger partial charge in [0.25, 0.3) is 0 Å². The zero-order valence-corrected chi connectivity index (χ0v) is 10.4. The third-order valence-corrected chi connectivity index (χ3v) is 3.01. The highest BCUT2D eigenvalue weighted by molar-refractivity contribution is 5.89. The lowest BCUT2D eigenvalue weighted by Gasteiger charge is -2.07. The lowest BCUT2D eigenvalue weighted by molar-refractivity contribution is -0.140. The minimum Gasteiger partial charge on any atom is -0.492 e. The molecule has 1 aromatic rings. The predicted molar refractivity (Wildman–Crippen MR) is 64.1 cm³/mol. The molecule has 1 aliphatic carbocycles. The molecule has 1 aromatic carbocycles. The van der Waals surface area contributed by atoms with Crippen LogP contribution in [0.15, 0.2) is 18.2 Å². The lowest BCUT2D eigenvalue weighted by Crippen LogP contribution is -2.30. The fraction of sp³-hybridized carbons (Fsp3) is 0.385. The van der Waals surface area contributed by atoms with Gasteiger partial charge in [-0.3, -0.25) is 9.59 Å². The molecule has 2 N–H and O–H groups in total. The molecule has 1 amide bonds. The number of halogens is 2. The van der Waals surface area contributed by atoms with Gasteiger partial charge >= 0.3 is 5.97 Å². The van der Waals surface area contributed by atoms with Gasteiger partial charge in [0.1, 0.15) is 12.4 Å². The largest absolute Gasteiger partial charge is 0.492 e. The Morgan fingerprint density at radius 1 is 1.30 bits per heavy atom. The number of carbonyl (C=O) groups is 2. The highest BCUT2D eigenvalue weighted by atomic mass is 19.2. The van der Waals surface area contributed by atoms with Crippen LogP contribution in [0.2, 0.25) is 0 Å². The second-order valence-corrected chi connectivity index (χ2v) is 4.50. The molecule has 7 heteroatoms. The van der Waals surface area contributed by atoms with Crippen molar-refractivity contribution >= 4 is 11.9 Å². The molecule has 0 bridgehead atoms. The summed E-state index contributed by atoms with van der Waals surface area (Å²) in [5.74, 6) is -4.17. The Bertz CT molecular complexity index is 535. The van der Waals surface area contributed by atoms with E-state index in [4.69, 9.17) is 9.84 Å². The first kappa shape index (κ1) is 14.2. The summed E-state index contributed by atoms with van der Waals surface area (Å²) in [6.07, 6.45) is 0.352. The quantitative estimate of drug-likeness (QED) is 0.770. The van der Waals surface area contributed by atoms with E-state index in [0.717, 1.165) is 12.1 Å². The number of rotatable bonds is 6. The van der Waals surface area contributed by atoms with Gasteiger partial charge in [-0.05, 0) is 18.6 Å². The third kappa shape index (κ3) is 3.43. The number of amides is 1. The van der Waals surface area contributed by atoms with Crippen molar-refractivity contribution in [1.82, 2.24) is 5.32 Å². The maximum atomic E-state index is 12.9. The van der Waals surface area contributed by atoms with Crippen LogP contribution in [-0.4, -0.2) is 30.1 Å². The number of hydrogen-bond acceptors (Lipinski definition) is 3. The first-order valence-electron chi connectivity index (χ1n) is 6.07. The molecule has 0 radical (unpaired) electrons. The SMILES string of the molecule is O=C(O)[C@@H]1C[C@H]1C(=O)NCCOc1ccc(F)c(F)c1. The molecule has 0 spiro atoms. The number of hydrogen-bond donors (Lipinski definition) is 2. The van der Waals surface area contributed by atoms with Crippen LogP contribution >= 0.6 is 0 Å². The number of ether oxygens (including phenoxy) is 1. The molecule has 108 valence electrons. The van der Waals surface area contributed by atoms with E-state index in [1.54, 1.807) is 0 Å². The monoisotopic (exact) mass is 285 g/mol. The molecule has 2 atom stereocenters. The molecule has 2 rings (SSSR count). The van der Waals surface area contributed by atoms with Crippen molar-refractivity contribution < 1.29 is 28.2 Å². The van der Waals surface area contributed by atoms with Crippen LogP contribution < -0.4 is 10.1 Å². The highest BCUT2D eigenvalue weighted by Crippen LogP contribution is 2.38. The molecule has 1 saturated carbocycles. The molecule has 0 aliphatic heterocycles. The van der Waals surface area contributed by atoms with E-state index < -0.39 is 29.4 Å². The van der Waals surface area contributed by atoms with Gasteiger partial charge in [-0.15, -0.1) is 0 Å². The first-order valence-corrected chi connectivity index (χ1v) is 6.07. The summed E-state index contributed by atoms with van der Waals surface area (Å²) in [5.41, 5.74) is 0. The van der Waals surface area contributed by atoms with E-state index in [9.17, 15) is 18.4 Å². The van der Waals surface area contributed by atoms with Crippen LogP contribution in [0.25, 0.3) is 0 Å². The molecular formula is C13H13F2NO4. The summed E-state index contributed by atoms with van der Waals surface area (Å²) >= 11 is 0. The second kappa shape index (κ2) is 5.85. The molecule has 5 nitrogen and oxygen atoms in total. The minimum absolute atomic E-state index is 0.0846. The van der Waals surface area contributed by atoms with Crippen molar-refractivity contribution in [3.63, 3.8) is 0 Å². The Morgan fingerprint density at radius 3 is 2.65 bits per heavy atom.